The van der Waals surface area contributed by atoms with Crippen LogP contribution in [0.4, 0.5) is 17.3 Å². The molecule has 112 valence electrons. The Morgan fingerprint density at radius 3 is 2.33 bits per heavy atom. The first-order valence-corrected chi connectivity index (χ1v) is 7.97. The summed E-state index contributed by atoms with van der Waals surface area (Å²) in [4.78, 5) is 8.77. The van der Waals surface area contributed by atoms with Crippen LogP contribution in [0, 0.1) is 0 Å². The minimum Gasteiger partial charge on any atom is -0.491 e. The normalized spacial score (nSPS) is 10.5. The average Bonchev–Trinajstić information content (AvgIpc) is 2.48. The third kappa shape index (κ3) is 4.53. The van der Waals surface area contributed by atoms with Crippen molar-refractivity contribution in [1.82, 2.24) is 9.97 Å². The highest BCUT2D eigenvalue weighted by molar-refractivity contribution is 7.98. The van der Waals surface area contributed by atoms with Crippen LogP contribution in [-0.2, 0) is 0 Å². The van der Waals surface area contributed by atoms with Gasteiger partial charge in [0.05, 0.1) is 6.10 Å². The molecular weight excluding hydrogens is 284 g/mol. The third-order valence-electron chi connectivity index (χ3n) is 2.64. The Balaban J connectivity index is 2.14. The predicted octanol–water partition coefficient (Wildman–Crippen LogP) is 3.77. The number of hydrogen-bond acceptors (Lipinski definition) is 6. The van der Waals surface area contributed by atoms with Crippen LogP contribution in [0.25, 0.3) is 0 Å². The monoisotopic (exact) mass is 304 g/mol. The summed E-state index contributed by atoms with van der Waals surface area (Å²) in [5.41, 5.74) is 0.957. The summed E-state index contributed by atoms with van der Waals surface area (Å²) in [6.07, 6.45) is 2.13. The van der Waals surface area contributed by atoms with E-state index in [0.29, 0.717) is 0 Å². The van der Waals surface area contributed by atoms with Crippen LogP contribution >= 0.6 is 11.8 Å². The summed E-state index contributed by atoms with van der Waals surface area (Å²) >= 11 is 1.51. The number of rotatable bonds is 6. The molecule has 0 saturated heterocycles. The molecule has 2 rings (SSSR count). The fourth-order valence-electron chi connectivity index (χ4n) is 1.75. The number of anilines is 3. The van der Waals surface area contributed by atoms with E-state index in [-0.39, 0.29) is 6.10 Å². The van der Waals surface area contributed by atoms with Gasteiger partial charge in [0.2, 0.25) is 0 Å². The van der Waals surface area contributed by atoms with Crippen molar-refractivity contribution in [3.63, 3.8) is 0 Å². The molecule has 0 atom stereocenters. The van der Waals surface area contributed by atoms with Gasteiger partial charge < -0.3 is 15.4 Å². The molecule has 2 aromatic rings. The second-order valence-corrected chi connectivity index (χ2v) is 5.46. The van der Waals surface area contributed by atoms with E-state index < -0.39 is 0 Å². The molecule has 2 N–H and O–H groups in total. The topological polar surface area (TPSA) is 59.1 Å². The Kier molecular flexibility index (Phi) is 5.27. The number of nitrogens with zero attached hydrogens (tertiary/aromatic N) is 2. The van der Waals surface area contributed by atoms with E-state index in [4.69, 9.17) is 4.74 Å². The van der Waals surface area contributed by atoms with Crippen LogP contribution in [0.15, 0.2) is 35.5 Å². The van der Waals surface area contributed by atoms with E-state index in [0.717, 1.165) is 28.2 Å². The molecule has 5 nitrogen and oxygen atoms in total. The molecule has 0 radical (unpaired) electrons. The Labute approximate surface area is 129 Å². The Hall–Kier alpha value is -1.95. The molecule has 1 heterocycles. The SMILES string of the molecule is CNc1cc(Nc2ccc(OC(C)C)cc2)nc(SC)n1. The lowest BCUT2D eigenvalue weighted by Gasteiger charge is -2.11. The van der Waals surface area contributed by atoms with E-state index in [1.54, 1.807) is 0 Å². The van der Waals surface area contributed by atoms with Gasteiger partial charge in [0.1, 0.15) is 17.4 Å². The highest BCUT2D eigenvalue weighted by Gasteiger charge is 2.04. The van der Waals surface area contributed by atoms with Crippen LogP contribution < -0.4 is 15.4 Å². The van der Waals surface area contributed by atoms with Gasteiger partial charge in [-0.1, -0.05) is 11.8 Å². The summed E-state index contributed by atoms with van der Waals surface area (Å²) in [5, 5.41) is 7.03. The molecule has 21 heavy (non-hydrogen) atoms. The zero-order valence-electron chi connectivity index (χ0n) is 12.7. The lowest BCUT2D eigenvalue weighted by Crippen LogP contribution is -2.05. The van der Waals surface area contributed by atoms with Gasteiger partial charge in [0.25, 0.3) is 0 Å². The first-order chi connectivity index (χ1) is 10.1. The molecule has 1 aromatic carbocycles. The largest absolute Gasteiger partial charge is 0.491 e. The fourth-order valence-corrected chi connectivity index (χ4v) is 2.12. The molecule has 0 aliphatic rings. The molecule has 1 aromatic heterocycles. The van der Waals surface area contributed by atoms with E-state index in [9.17, 15) is 0 Å². The molecule has 0 bridgehead atoms. The second kappa shape index (κ2) is 7.17. The van der Waals surface area contributed by atoms with Crippen molar-refractivity contribution in [2.45, 2.75) is 25.1 Å². The first-order valence-electron chi connectivity index (χ1n) is 6.75. The van der Waals surface area contributed by atoms with Gasteiger partial charge in [-0.25, -0.2) is 9.97 Å². The van der Waals surface area contributed by atoms with Gasteiger partial charge in [0.15, 0.2) is 5.16 Å². The van der Waals surface area contributed by atoms with Gasteiger partial charge in [-0.2, -0.15) is 0 Å². The highest BCUT2D eigenvalue weighted by Crippen LogP contribution is 2.22. The Bertz CT molecular complexity index is 564. The summed E-state index contributed by atoms with van der Waals surface area (Å²) in [6.45, 7) is 4.02. The first kappa shape index (κ1) is 15.4. The van der Waals surface area contributed by atoms with Crippen molar-refractivity contribution in [2.75, 3.05) is 23.9 Å². The van der Waals surface area contributed by atoms with E-state index in [2.05, 4.69) is 20.6 Å². The van der Waals surface area contributed by atoms with Crippen LogP contribution in [0.2, 0.25) is 0 Å². The van der Waals surface area contributed by atoms with Crippen molar-refractivity contribution in [3.05, 3.63) is 30.3 Å². The Morgan fingerprint density at radius 2 is 1.76 bits per heavy atom. The van der Waals surface area contributed by atoms with Crippen molar-refractivity contribution in [2.24, 2.45) is 0 Å². The fraction of sp³-hybridized carbons (Fsp3) is 0.333. The minimum absolute atomic E-state index is 0.174. The maximum atomic E-state index is 5.63. The number of hydrogen-bond donors (Lipinski definition) is 2. The highest BCUT2D eigenvalue weighted by atomic mass is 32.2. The average molecular weight is 304 g/mol. The standard InChI is InChI=1S/C15H20N4OS/c1-10(2)20-12-7-5-11(6-8-12)17-14-9-13(16-3)18-15(19-14)21-4/h5-10H,1-4H3,(H2,16,17,18,19). The van der Waals surface area contributed by atoms with Gasteiger partial charge in [-0.3, -0.25) is 0 Å². The van der Waals surface area contributed by atoms with Crippen molar-refractivity contribution < 1.29 is 4.74 Å². The molecule has 0 saturated carbocycles. The number of benzene rings is 1. The molecule has 0 unspecified atom stereocenters. The molecule has 0 aliphatic heterocycles. The lowest BCUT2D eigenvalue weighted by atomic mass is 10.3. The smallest absolute Gasteiger partial charge is 0.191 e. The van der Waals surface area contributed by atoms with Crippen molar-refractivity contribution in [3.8, 4) is 5.75 Å². The maximum Gasteiger partial charge on any atom is 0.191 e. The number of nitrogens with one attached hydrogen (secondary N) is 2. The molecule has 0 spiro atoms. The quantitative estimate of drug-likeness (QED) is 0.626. The van der Waals surface area contributed by atoms with Gasteiger partial charge in [0, 0.05) is 18.8 Å². The zero-order valence-corrected chi connectivity index (χ0v) is 13.5. The number of aromatic nitrogens is 2. The van der Waals surface area contributed by atoms with Gasteiger partial charge >= 0.3 is 0 Å². The van der Waals surface area contributed by atoms with Crippen LogP contribution in [0.1, 0.15) is 13.8 Å². The molecule has 0 fully saturated rings. The second-order valence-electron chi connectivity index (χ2n) is 4.69. The maximum absolute atomic E-state index is 5.63. The van der Waals surface area contributed by atoms with Gasteiger partial charge in [-0.05, 0) is 44.4 Å². The van der Waals surface area contributed by atoms with Crippen molar-refractivity contribution >= 4 is 29.1 Å². The predicted molar refractivity (Wildman–Crippen MR) is 88.8 cm³/mol. The summed E-state index contributed by atoms with van der Waals surface area (Å²) in [6, 6.07) is 9.70. The van der Waals surface area contributed by atoms with Crippen molar-refractivity contribution in [1.29, 1.82) is 0 Å². The summed E-state index contributed by atoms with van der Waals surface area (Å²) in [7, 11) is 1.84. The van der Waals surface area contributed by atoms with E-state index in [1.165, 1.54) is 11.8 Å². The third-order valence-corrected chi connectivity index (χ3v) is 3.19. The number of thioether (sulfide) groups is 1. The van der Waals surface area contributed by atoms with Gasteiger partial charge in [-0.15, -0.1) is 0 Å². The summed E-state index contributed by atoms with van der Waals surface area (Å²) < 4.78 is 5.63. The summed E-state index contributed by atoms with van der Waals surface area (Å²) in [5.74, 6) is 2.41. The Morgan fingerprint density at radius 1 is 1.10 bits per heavy atom. The molecule has 6 heteroatoms. The molecule has 0 aliphatic carbocycles. The molecule has 0 amide bonds. The number of ether oxygens (including phenoxy) is 1. The van der Waals surface area contributed by atoms with Crippen LogP contribution in [0.3, 0.4) is 0 Å². The molecular formula is C15H20N4OS. The lowest BCUT2D eigenvalue weighted by molar-refractivity contribution is 0.242. The minimum atomic E-state index is 0.174. The zero-order chi connectivity index (χ0) is 15.2. The van der Waals surface area contributed by atoms with Crippen LogP contribution in [-0.4, -0.2) is 29.4 Å². The van der Waals surface area contributed by atoms with E-state index in [1.807, 2.05) is 57.5 Å². The van der Waals surface area contributed by atoms with E-state index >= 15 is 0 Å². The van der Waals surface area contributed by atoms with Crippen LogP contribution in [0.5, 0.6) is 5.75 Å².